The van der Waals surface area contributed by atoms with Gasteiger partial charge in [-0.15, -0.1) is 0 Å². The van der Waals surface area contributed by atoms with E-state index in [-0.39, 0.29) is 16.5 Å². The Balaban J connectivity index is 1.57. The number of halogens is 2. The van der Waals surface area contributed by atoms with Gasteiger partial charge in [-0.3, -0.25) is 9.52 Å². The first-order valence-electron chi connectivity index (χ1n) is 9.43. The van der Waals surface area contributed by atoms with Crippen molar-refractivity contribution < 1.29 is 13.2 Å². The van der Waals surface area contributed by atoms with Gasteiger partial charge in [0.05, 0.1) is 10.6 Å². The van der Waals surface area contributed by atoms with Crippen LogP contribution in [0.1, 0.15) is 25.7 Å². The Bertz CT molecular complexity index is 939. The molecule has 1 amide bonds. The van der Waals surface area contributed by atoms with Gasteiger partial charge in [0.15, 0.2) is 0 Å². The highest BCUT2D eigenvalue weighted by Gasteiger charge is 2.16. The number of carbonyl (C=O) groups excluding carboxylic acids is 1. The number of nitrogens with zero attached hydrogens (tertiary/aromatic N) is 1. The maximum Gasteiger partial charge on any atom is 0.261 e. The molecule has 0 saturated carbocycles. The number of anilines is 2. The molecule has 0 bridgehead atoms. The fourth-order valence-corrected chi connectivity index (χ4v) is 4.78. The van der Waals surface area contributed by atoms with Crippen molar-refractivity contribution in [2.75, 3.05) is 29.7 Å². The fourth-order valence-electron chi connectivity index (χ4n) is 3.21. The van der Waals surface area contributed by atoms with Gasteiger partial charge in [-0.2, -0.15) is 0 Å². The number of sulfonamides is 1. The number of hydrogen-bond acceptors (Lipinski definition) is 4. The monoisotopic (exact) mass is 455 g/mol. The van der Waals surface area contributed by atoms with Crippen LogP contribution in [0, 0.1) is 0 Å². The van der Waals surface area contributed by atoms with Crippen molar-refractivity contribution in [1.29, 1.82) is 0 Å². The highest BCUT2D eigenvalue weighted by molar-refractivity contribution is 7.92. The Hall–Kier alpha value is -1.80. The van der Waals surface area contributed by atoms with Crippen LogP contribution >= 0.6 is 23.2 Å². The number of amides is 1. The minimum Gasteiger partial charge on any atom is -0.326 e. The average molecular weight is 456 g/mol. The van der Waals surface area contributed by atoms with Crippen molar-refractivity contribution in [3.63, 3.8) is 0 Å². The molecule has 2 aromatic rings. The highest BCUT2D eigenvalue weighted by atomic mass is 35.5. The van der Waals surface area contributed by atoms with Gasteiger partial charge in [0.25, 0.3) is 10.0 Å². The first-order valence-corrected chi connectivity index (χ1v) is 11.7. The molecule has 1 fully saturated rings. The van der Waals surface area contributed by atoms with Gasteiger partial charge in [0, 0.05) is 28.7 Å². The van der Waals surface area contributed by atoms with Crippen LogP contribution in [0.5, 0.6) is 0 Å². The van der Waals surface area contributed by atoms with E-state index < -0.39 is 10.0 Å². The molecule has 29 heavy (non-hydrogen) atoms. The van der Waals surface area contributed by atoms with E-state index >= 15 is 0 Å². The summed E-state index contributed by atoms with van der Waals surface area (Å²) in [5.41, 5.74) is 0.830. The van der Waals surface area contributed by atoms with Crippen molar-refractivity contribution in [3.05, 3.63) is 52.5 Å². The number of likely N-dealkylation sites (tertiary alicyclic amines) is 1. The smallest absolute Gasteiger partial charge is 0.261 e. The van der Waals surface area contributed by atoms with Gasteiger partial charge < -0.3 is 10.2 Å². The SMILES string of the molecule is O=C(CCN1CCCCC1)Nc1ccc(S(=O)(=O)Nc2cc(Cl)cc(Cl)c2)cc1. The summed E-state index contributed by atoms with van der Waals surface area (Å²) in [4.78, 5) is 14.5. The number of carbonyl (C=O) groups is 1. The van der Waals surface area contributed by atoms with Crippen LogP contribution in [0.15, 0.2) is 47.4 Å². The molecule has 0 aromatic heterocycles. The zero-order chi connectivity index (χ0) is 20.9. The second-order valence-corrected chi connectivity index (χ2v) is 9.54. The Kier molecular flexibility index (Phi) is 7.40. The first-order chi connectivity index (χ1) is 13.8. The van der Waals surface area contributed by atoms with E-state index in [1.54, 1.807) is 12.1 Å². The van der Waals surface area contributed by atoms with Gasteiger partial charge in [-0.1, -0.05) is 29.6 Å². The quantitative estimate of drug-likeness (QED) is 0.638. The predicted octanol–water partition coefficient (Wildman–Crippen LogP) is 4.61. The van der Waals surface area contributed by atoms with E-state index in [9.17, 15) is 13.2 Å². The molecule has 156 valence electrons. The molecule has 0 atom stereocenters. The predicted molar refractivity (Wildman–Crippen MR) is 117 cm³/mol. The third-order valence-electron chi connectivity index (χ3n) is 4.67. The first kappa shape index (κ1) is 21.9. The average Bonchev–Trinajstić information content (AvgIpc) is 2.66. The summed E-state index contributed by atoms with van der Waals surface area (Å²) in [5.74, 6) is -0.0853. The number of benzene rings is 2. The van der Waals surface area contributed by atoms with E-state index in [0.717, 1.165) is 19.6 Å². The Morgan fingerprint density at radius 1 is 0.931 bits per heavy atom. The molecule has 0 spiro atoms. The van der Waals surface area contributed by atoms with E-state index in [2.05, 4.69) is 14.9 Å². The van der Waals surface area contributed by atoms with Gasteiger partial charge >= 0.3 is 0 Å². The lowest BCUT2D eigenvalue weighted by molar-refractivity contribution is -0.116. The molecule has 0 radical (unpaired) electrons. The summed E-state index contributed by atoms with van der Waals surface area (Å²) >= 11 is 11.8. The molecule has 2 aromatic carbocycles. The molecule has 3 rings (SSSR count). The lowest BCUT2D eigenvalue weighted by Gasteiger charge is -2.25. The molecule has 2 N–H and O–H groups in total. The Labute approximate surface area is 181 Å². The van der Waals surface area contributed by atoms with Crippen molar-refractivity contribution >= 4 is 50.5 Å². The molecule has 0 unspecified atom stereocenters. The van der Waals surface area contributed by atoms with E-state index in [1.807, 2.05) is 0 Å². The zero-order valence-electron chi connectivity index (χ0n) is 15.8. The number of rotatable bonds is 7. The number of piperidine rings is 1. The molecule has 1 aliphatic heterocycles. The fraction of sp³-hybridized carbons (Fsp3) is 0.350. The van der Waals surface area contributed by atoms with Crippen LogP contribution in [0.25, 0.3) is 0 Å². The molecule has 1 aliphatic rings. The lowest BCUT2D eigenvalue weighted by atomic mass is 10.1. The lowest BCUT2D eigenvalue weighted by Crippen LogP contribution is -2.32. The van der Waals surface area contributed by atoms with Gasteiger partial charge in [0.2, 0.25) is 5.91 Å². The molecule has 1 saturated heterocycles. The summed E-state index contributed by atoms with van der Waals surface area (Å²) in [6, 6.07) is 10.5. The van der Waals surface area contributed by atoms with Gasteiger partial charge in [0.1, 0.15) is 0 Å². The normalized spacial score (nSPS) is 15.1. The minimum atomic E-state index is -3.80. The Morgan fingerprint density at radius 2 is 1.55 bits per heavy atom. The van der Waals surface area contributed by atoms with Crippen molar-refractivity contribution in [2.24, 2.45) is 0 Å². The second kappa shape index (κ2) is 9.80. The van der Waals surface area contributed by atoms with Crippen LogP contribution in [0.3, 0.4) is 0 Å². The molecular formula is C20H23Cl2N3O3S. The summed E-state index contributed by atoms with van der Waals surface area (Å²) < 4.78 is 27.5. The van der Waals surface area contributed by atoms with Crippen molar-refractivity contribution in [2.45, 2.75) is 30.6 Å². The van der Waals surface area contributed by atoms with E-state index in [1.165, 1.54) is 49.6 Å². The molecule has 9 heteroatoms. The van der Waals surface area contributed by atoms with Crippen LogP contribution in [0.4, 0.5) is 11.4 Å². The van der Waals surface area contributed by atoms with Gasteiger partial charge in [-0.25, -0.2) is 8.42 Å². The summed E-state index contributed by atoms with van der Waals surface area (Å²) in [6.45, 7) is 2.83. The summed E-state index contributed by atoms with van der Waals surface area (Å²) in [5, 5.41) is 3.47. The molecule has 6 nitrogen and oxygen atoms in total. The third kappa shape index (κ3) is 6.60. The molecule has 1 heterocycles. The summed E-state index contributed by atoms with van der Waals surface area (Å²) in [6.07, 6.45) is 4.05. The number of nitrogens with one attached hydrogen (secondary N) is 2. The van der Waals surface area contributed by atoms with Crippen LogP contribution < -0.4 is 10.0 Å². The molecule has 0 aliphatic carbocycles. The molecular weight excluding hydrogens is 433 g/mol. The Morgan fingerprint density at radius 3 is 2.17 bits per heavy atom. The van der Waals surface area contributed by atoms with Crippen molar-refractivity contribution in [3.8, 4) is 0 Å². The second-order valence-electron chi connectivity index (χ2n) is 6.99. The van der Waals surface area contributed by atoms with E-state index in [0.29, 0.717) is 22.2 Å². The summed E-state index contributed by atoms with van der Waals surface area (Å²) in [7, 11) is -3.80. The van der Waals surface area contributed by atoms with Crippen LogP contribution in [-0.4, -0.2) is 38.9 Å². The highest BCUT2D eigenvalue weighted by Crippen LogP contribution is 2.25. The standard InChI is InChI=1S/C20H23Cl2N3O3S/c21-15-12-16(22)14-18(13-15)24-29(27,28)19-6-4-17(5-7-19)23-20(26)8-11-25-9-2-1-3-10-25/h4-7,12-14,24H,1-3,8-11H2,(H,23,26). The zero-order valence-corrected chi connectivity index (χ0v) is 18.2. The van der Waals surface area contributed by atoms with Crippen LogP contribution in [0.2, 0.25) is 10.0 Å². The maximum absolute atomic E-state index is 12.5. The largest absolute Gasteiger partial charge is 0.326 e. The van der Waals surface area contributed by atoms with Gasteiger partial charge in [-0.05, 0) is 68.4 Å². The topological polar surface area (TPSA) is 78.5 Å². The third-order valence-corrected chi connectivity index (χ3v) is 6.50. The van der Waals surface area contributed by atoms with Crippen LogP contribution in [-0.2, 0) is 14.8 Å². The maximum atomic E-state index is 12.5. The number of hydrogen-bond donors (Lipinski definition) is 2. The minimum absolute atomic E-state index is 0.0694. The van der Waals surface area contributed by atoms with E-state index in [4.69, 9.17) is 23.2 Å². The van der Waals surface area contributed by atoms with Crippen molar-refractivity contribution in [1.82, 2.24) is 4.90 Å².